The largest absolute Gasteiger partial charge is 0.493 e. The van der Waals surface area contributed by atoms with Gasteiger partial charge in [-0.2, -0.15) is 0 Å². The highest BCUT2D eigenvalue weighted by atomic mass is 16.5. The molecule has 0 unspecified atom stereocenters. The molecule has 0 bridgehead atoms. The van der Waals surface area contributed by atoms with Crippen LogP contribution in [0.15, 0.2) is 42.5 Å². The van der Waals surface area contributed by atoms with Gasteiger partial charge < -0.3 is 30.2 Å². The summed E-state index contributed by atoms with van der Waals surface area (Å²) in [6.45, 7) is 9.09. The van der Waals surface area contributed by atoms with Crippen LogP contribution in [0, 0.1) is 0 Å². The second-order valence-corrected chi connectivity index (χ2v) is 10.5. The molecule has 1 aromatic heterocycles. The topological polar surface area (TPSA) is 140 Å². The predicted molar refractivity (Wildman–Crippen MR) is 150 cm³/mol. The van der Waals surface area contributed by atoms with Crippen LogP contribution in [0.25, 0.3) is 10.9 Å². The molecular weight excluding hydrogens is 500 g/mol. The first-order valence-electron chi connectivity index (χ1n) is 12.8. The molecule has 0 spiro atoms. The van der Waals surface area contributed by atoms with Crippen molar-refractivity contribution >= 4 is 34.3 Å². The van der Waals surface area contributed by atoms with Crippen LogP contribution in [0.4, 0.5) is 16.3 Å². The number of piperidine rings is 1. The minimum absolute atomic E-state index is 0.0327. The molecule has 1 aliphatic heterocycles. The van der Waals surface area contributed by atoms with Crippen molar-refractivity contribution in [1.29, 1.82) is 0 Å². The molecule has 0 radical (unpaired) electrons. The van der Waals surface area contributed by atoms with E-state index in [1.54, 1.807) is 38.3 Å². The second kappa shape index (κ2) is 11.5. The van der Waals surface area contributed by atoms with Crippen LogP contribution in [0.2, 0.25) is 0 Å². The summed E-state index contributed by atoms with van der Waals surface area (Å²) in [5.74, 6) is 3.07. The maximum atomic E-state index is 11.7. The number of ether oxygens (including phenoxy) is 3. The Balaban J connectivity index is 1.65. The molecule has 1 fully saturated rings. The quantitative estimate of drug-likeness (QED) is 0.306. The van der Waals surface area contributed by atoms with Crippen LogP contribution in [-0.4, -0.2) is 53.7 Å². The van der Waals surface area contributed by atoms with Crippen molar-refractivity contribution in [3.8, 4) is 23.0 Å². The maximum absolute atomic E-state index is 11.7. The SMILES string of the molecule is COc1cc2c(Oc3ccc(NNC(N)=O)cc3)cc(NC(C)(C)C)nc2cc1OC1CCN(C(C)=O)CC1. The predicted octanol–water partition coefficient (Wildman–Crippen LogP) is 4.63. The van der Waals surface area contributed by atoms with E-state index < -0.39 is 6.03 Å². The number of nitrogens with one attached hydrogen (secondary N) is 3. The number of hydrazine groups is 1. The van der Waals surface area contributed by atoms with Gasteiger partial charge in [-0.25, -0.2) is 9.78 Å². The van der Waals surface area contributed by atoms with Gasteiger partial charge in [0.1, 0.15) is 23.4 Å². The summed E-state index contributed by atoms with van der Waals surface area (Å²) in [5.41, 5.74) is 11.2. The summed E-state index contributed by atoms with van der Waals surface area (Å²) < 4.78 is 18.3. The molecule has 0 aliphatic carbocycles. The number of anilines is 2. The van der Waals surface area contributed by atoms with Crippen LogP contribution in [0.3, 0.4) is 0 Å². The van der Waals surface area contributed by atoms with Crippen LogP contribution in [-0.2, 0) is 4.79 Å². The van der Waals surface area contributed by atoms with E-state index in [0.717, 1.165) is 18.2 Å². The Bertz CT molecular complexity index is 1330. The third-order valence-corrected chi connectivity index (χ3v) is 6.15. The smallest absolute Gasteiger partial charge is 0.330 e. The van der Waals surface area contributed by atoms with Crippen molar-refractivity contribution in [3.63, 3.8) is 0 Å². The number of benzene rings is 2. The maximum Gasteiger partial charge on any atom is 0.330 e. The number of primary amides is 1. The first kappa shape index (κ1) is 27.6. The van der Waals surface area contributed by atoms with Crippen molar-refractivity contribution < 1.29 is 23.8 Å². The van der Waals surface area contributed by atoms with E-state index in [9.17, 15) is 9.59 Å². The Labute approximate surface area is 228 Å². The molecule has 39 heavy (non-hydrogen) atoms. The molecule has 2 heterocycles. The summed E-state index contributed by atoms with van der Waals surface area (Å²) in [6, 6.07) is 12.0. The van der Waals surface area contributed by atoms with Crippen LogP contribution < -0.4 is 36.1 Å². The zero-order chi connectivity index (χ0) is 28.2. The van der Waals surface area contributed by atoms with Crippen LogP contribution in [0.1, 0.15) is 40.5 Å². The minimum Gasteiger partial charge on any atom is -0.493 e. The van der Waals surface area contributed by atoms with Crippen molar-refractivity contribution in [2.75, 3.05) is 30.9 Å². The van der Waals surface area contributed by atoms with Crippen molar-refractivity contribution in [1.82, 2.24) is 15.3 Å². The third kappa shape index (κ3) is 7.34. The fourth-order valence-electron chi connectivity index (χ4n) is 4.32. The molecule has 1 aliphatic rings. The average Bonchev–Trinajstić information content (AvgIpc) is 2.87. The molecule has 208 valence electrons. The lowest BCUT2D eigenvalue weighted by molar-refractivity contribution is -0.130. The van der Waals surface area contributed by atoms with Crippen molar-refractivity contribution in [2.24, 2.45) is 5.73 Å². The number of nitrogens with two attached hydrogens (primary N) is 1. The number of carbonyl (C=O) groups excluding carboxylic acids is 2. The van der Waals surface area contributed by atoms with Crippen molar-refractivity contribution in [3.05, 3.63) is 42.5 Å². The van der Waals surface area contributed by atoms with Gasteiger partial charge in [0.15, 0.2) is 11.5 Å². The van der Waals surface area contributed by atoms with Gasteiger partial charge in [-0.15, -0.1) is 0 Å². The lowest BCUT2D eigenvalue weighted by Gasteiger charge is -2.31. The van der Waals surface area contributed by atoms with E-state index in [-0.39, 0.29) is 17.6 Å². The molecule has 3 aromatic rings. The number of amides is 3. The first-order chi connectivity index (χ1) is 18.5. The van der Waals surface area contributed by atoms with E-state index in [1.807, 2.05) is 23.1 Å². The molecule has 1 saturated heterocycles. The molecule has 2 aromatic carbocycles. The Morgan fingerprint density at radius 1 is 1.03 bits per heavy atom. The van der Waals surface area contributed by atoms with Crippen molar-refractivity contribution in [2.45, 2.75) is 52.2 Å². The molecule has 11 nitrogen and oxygen atoms in total. The summed E-state index contributed by atoms with van der Waals surface area (Å²) in [5, 5.41) is 4.17. The lowest BCUT2D eigenvalue weighted by Crippen LogP contribution is -2.40. The molecule has 3 amide bonds. The van der Waals surface area contributed by atoms with E-state index in [1.165, 1.54) is 0 Å². The number of nitrogens with zero attached hydrogens (tertiary/aromatic N) is 2. The first-order valence-corrected chi connectivity index (χ1v) is 12.8. The number of hydrogen-bond acceptors (Lipinski definition) is 8. The zero-order valence-electron chi connectivity index (χ0n) is 23.0. The Hall–Kier alpha value is -4.41. The second-order valence-electron chi connectivity index (χ2n) is 10.5. The summed E-state index contributed by atoms with van der Waals surface area (Å²) >= 11 is 0. The monoisotopic (exact) mass is 536 g/mol. The number of urea groups is 1. The summed E-state index contributed by atoms with van der Waals surface area (Å²) in [4.78, 5) is 29.3. The van der Waals surface area contributed by atoms with Crippen LogP contribution >= 0.6 is 0 Å². The minimum atomic E-state index is -0.684. The fraction of sp³-hybridized carbons (Fsp3) is 0.393. The van der Waals surface area contributed by atoms with Gasteiger partial charge in [0, 0.05) is 55.9 Å². The standard InChI is InChI=1S/C28H36N6O5/c1-17(35)34-12-10-20(11-13-34)39-25-15-22-21(14-24(25)37-5)23(16-26(30-22)31-28(2,3)4)38-19-8-6-18(7-9-19)32-33-27(29)36/h6-9,14-16,20,32H,10-13H2,1-5H3,(H,30,31)(H3,29,33,36). The van der Waals surface area contributed by atoms with E-state index in [2.05, 4.69) is 36.9 Å². The molecule has 0 saturated carbocycles. The lowest BCUT2D eigenvalue weighted by atomic mass is 10.1. The number of hydrogen-bond donors (Lipinski definition) is 4. The highest BCUT2D eigenvalue weighted by molar-refractivity contribution is 5.90. The normalized spacial score (nSPS) is 14.0. The third-order valence-electron chi connectivity index (χ3n) is 6.15. The van der Waals surface area contributed by atoms with Gasteiger partial charge in [0.05, 0.1) is 18.3 Å². The summed E-state index contributed by atoms with van der Waals surface area (Å²) in [7, 11) is 1.60. The number of methoxy groups -OCH3 is 1. The van der Waals surface area contributed by atoms with E-state index in [4.69, 9.17) is 24.9 Å². The molecule has 5 N–H and O–H groups in total. The Morgan fingerprint density at radius 2 is 1.72 bits per heavy atom. The van der Waals surface area contributed by atoms with Gasteiger partial charge in [0.2, 0.25) is 5.91 Å². The molecule has 11 heteroatoms. The molecule has 4 rings (SSSR count). The number of fused-ring (bicyclic) bond motifs is 1. The number of likely N-dealkylation sites (tertiary alicyclic amines) is 1. The Morgan fingerprint density at radius 3 is 2.31 bits per heavy atom. The van der Waals surface area contributed by atoms with Gasteiger partial charge in [-0.05, 0) is 51.1 Å². The Kier molecular flexibility index (Phi) is 8.18. The number of pyridine rings is 1. The highest BCUT2D eigenvalue weighted by Crippen LogP contribution is 2.40. The van der Waals surface area contributed by atoms with E-state index in [0.29, 0.717) is 53.1 Å². The van der Waals surface area contributed by atoms with Gasteiger partial charge in [0.25, 0.3) is 0 Å². The average molecular weight is 537 g/mol. The fourth-order valence-corrected chi connectivity index (χ4v) is 4.32. The number of aromatic nitrogens is 1. The van der Waals surface area contributed by atoms with Gasteiger partial charge in [-0.3, -0.25) is 15.6 Å². The molecule has 0 atom stereocenters. The van der Waals surface area contributed by atoms with Gasteiger partial charge in [-0.1, -0.05) is 0 Å². The zero-order valence-corrected chi connectivity index (χ0v) is 23.0. The molecular formula is C28H36N6O5. The van der Waals surface area contributed by atoms with Gasteiger partial charge >= 0.3 is 6.03 Å². The number of carbonyl (C=O) groups is 2. The highest BCUT2D eigenvalue weighted by Gasteiger charge is 2.24. The van der Waals surface area contributed by atoms with Crippen LogP contribution in [0.5, 0.6) is 23.0 Å². The van der Waals surface area contributed by atoms with E-state index >= 15 is 0 Å². The summed E-state index contributed by atoms with van der Waals surface area (Å²) in [6.07, 6.45) is 1.46. The number of rotatable bonds is 8.